The molecule has 1 atom stereocenters. The maximum absolute atomic E-state index is 13.8. The molecule has 0 fully saturated rings. The van der Waals surface area contributed by atoms with Crippen molar-refractivity contribution in [3.63, 3.8) is 0 Å². The average molecular weight is 550 g/mol. The maximum atomic E-state index is 13.8. The molecule has 1 aliphatic rings. The summed E-state index contributed by atoms with van der Waals surface area (Å²) < 4.78 is 17.7. The third-order valence-corrected chi connectivity index (χ3v) is 7.49. The molecule has 3 aromatic rings. The molecule has 1 aliphatic heterocycles. The molecule has 39 heavy (non-hydrogen) atoms. The molecule has 0 amide bonds. The number of methoxy groups -OCH3 is 2. The first-order valence-electron chi connectivity index (χ1n) is 12.5. The Bertz CT molecular complexity index is 1610. The summed E-state index contributed by atoms with van der Waals surface area (Å²) in [5, 5.41) is 0. The molecule has 9 nitrogen and oxygen atoms in total. The number of ether oxygens (including phenoxy) is 3. The van der Waals surface area contributed by atoms with Gasteiger partial charge in [0.2, 0.25) is 0 Å². The lowest BCUT2D eigenvalue weighted by Crippen LogP contribution is -2.39. The number of allylic oxidation sites excluding steroid dienone is 1. The number of thiazole rings is 1. The van der Waals surface area contributed by atoms with Gasteiger partial charge in [0, 0.05) is 25.7 Å². The number of rotatable bonds is 8. The predicted molar refractivity (Wildman–Crippen MR) is 150 cm³/mol. The van der Waals surface area contributed by atoms with Gasteiger partial charge < -0.3 is 19.1 Å². The third-order valence-electron chi connectivity index (χ3n) is 6.50. The summed E-state index contributed by atoms with van der Waals surface area (Å²) in [7, 11) is 2.74. The highest BCUT2D eigenvalue weighted by atomic mass is 32.1. The van der Waals surface area contributed by atoms with Crippen LogP contribution in [0.3, 0.4) is 0 Å². The van der Waals surface area contributed by atoms with E-state index in [1.807, 2.05) is 30.3 Å². The minimum Gasteiger partial charge on any atom is -0.493 e. The number of fused-ring (bicyclic) bond motifs is 1. The summed E-state index contributed by atoms with van der Waals surface area (Å²) in [6.45, 7) is 9.04. The number of benzene rings is 2. The Morgan fingerprint density at radius 1 is 1.08 bits per heavy atom. The van der Waals surface area contributed by atoms with E-state index in [0.29, 0.717) is 20.6 Å². The molecule has 0 saturated heterocycles. The molecule has 0 N–H and O–H groups in total. The fraction of sp³-hybridized carbons (Fsp3) is 0.310. The zero-order chi connectivity index (χ0) is 28.3. The van der Waals surface area contributed by atoms with Crippen LogP contribution in [0.1, 0.15) is 44.9 Å². The van der Waals surface area contributed by atoms with Gasteiger partial charge in [0.25, 0.3) is 5.56 Å². The Labute approximate surface area is 230 Å². The van der Waals surface area contributed by atoms with Gasteiger partial charge in [0.1, 0.15) is 0 Å². The van der Waals surface area contributed by atoms with E-state index in [4.69, 9.17) is 14.2 Å². The lowest BCUT2D eigenvalue weighted by atomic mass is 9.95. The van der Waals surface area contributed by atoms with Gasteiger partial charge in [-0.25, -0.2) is 9.79 Å². The standard InChI is InChI=1S/C29H31N3O6S/c1-7-31(8-2)21-12-9-19(10-13-21)15-24-27(34)32-26(25(28(35)37-6)17(3)30-29(32)39-24)20-11-14-22(38-18(4)33)23(16-20)36-5/h9-16,26H,7-8H2,1-6H3/b24-15+/t26-/m0/s1. The van der Waals surface area contributed by atoms with Crippen LogP contribution in [0.25, 0.3) is 6.08 Å². The number of anilines is 1. The molecule has 2 aromatic carbocycles. The monoisotopic (exact) mass is 549 g/mol. The molecule has 0 bridgehead atoms. The number of carbonyl (C=O) groups excluding carboxylic acids is 2. The third kappa shape index (κ3) is 5.51. The second kappa shape index (κ2) is 11.7. The van der Waals surface area contributed by atoms with Gasteiger partial charge in [-0.05, 0) is 62.2 Å². The average Bonchev–Trinajstić information content (AvgIpc) is 3.23. The summed E-state index contributed by atoms with van der Waals surface area (Å²) in [6, 6.07) is 12.1. The number of hydrogen-bond donors (Lipinski definition) is 0. The number of aromatic nitrogens is 1. The molecule has 1 aromatic heterocycles. The van der Waals surface area contributed by atoms with Crippen molar-refractivity contribution in [2.24, 2.45) is 4.99 Å². The van der Waals surface area contributed by atoms with Gasteiger partial charge in [-0.2, -0.15) is 0 Å². The fourth-order valence-corrected chi connectivity index (χ4v) is 5.67. The number of nitrogens with zero attached hydrogens (tertiary/aromatic N) is 3. The first-order valence-corrected chi connectivity index (χ1v) is 13.4. The van der Waals surface area contributed by atoms with Crippen LogP contribution >= 0.6 is 11.3 Å². The first-order chi connectivity index (χ1) is 18.7. The second-order valence-electron chi connectivity index (χ2n) is 8.84. The van der Waals surface area contributed by atoms with Crippen LogP contribution in [-0.4, -0.2) is 43.8 Å². The van der Waals surface area contributed by atoms with E-state index in [-0.39, 0.29) is 22.6 Å². The zero-order valence-electron chi connectivity index (χ0n) is 22.8. The highest BCUT2D eigenvalue weighted by Crippen LogP contribution is 2.36. The second-order valence-corrected chi connectivity index (χ2v) is 9.85. The smallest absolute Gasteiger partial charge is 0.338 e. The minimum absolute atomic E-state index is 0.231. The highest BCUT2D eigenvalue weighted by Gasteiger charge is 2.33. The van der Waals surface area contributed by atoms with Crippen molar-refractivity contribution in [3.8, 4) is 11.5 Å². The molecule has 0 unspecified atom stereocenters. The molecule has 0 aliphatic carbocycles. The van der Waals surface area contributed by atoms with E-state index >= 15 is 0 Å². The molecule has 204 valence electrons. The summed E-state index contributed by atoms with van der Waals surface area (Å²) in [6.07, 6.45) is 1.83. The van der Waals surface area contributed by atoms with Crippen molar-refractivity contribution in [1.29, 1.82) is 0 Å². The van der Waals surface area contributed by atoms with Crippen LogP contribution in [0.15, 0.2) is 63.5 Å². The van der Waals surface area contributed by atoms with Crippen LogP contribution < -0.4 is 29.3 Å². The molecular formula is C29H31N3O6S. The SMILES string of the molecule is CCN(CC)c1ccc(/C=c2/sc3n(c2=O)[C@@H](c2ccc(OC(C)=O)c(OC)c2)C(C(=O)OC)=C(C)N=3)cc1. The highest BCUT2D eigenvalue weighted by molar-refractivity contribution is 7.07. The van der Waals surface area contributed by atoms with Gasteiger partial charge in [-0.3, -0.25) is 14.2 Å². The topological polar surface area (TPSA) is 99.4 Å². The minimum atomic E-state index is -0.818. The van der Waals surface area contributed by atoms with Crippen molar-refractivity contribution >= 4 is 35.0 Å². The van der Waals surface area contributed by atoms with Crippen molar-refractivity contribution in [2.75, 3.05) is 32.2 Å². The van der Waals surface area contributed by atoms with E-state index in [9.17, 15) is 14.4 Å². The molecule has 0 radical (unpaired) electrons. The van der Waals surface area contributed by atoms with Crippen molar-refractivity contribution in [1.82, 2.24) is 4.57 Å². The normalized spacial score (nSPS) is 14.9. The van der Waals surface area contributed by atoms with Crippen molar-refractivity contribution in [3.05, 3.63) is 84.5 Å². The van der Waals surface area contributed by atoms with Gasteiger partial charge in [0.15, 0.2) is 16.3 Å². The Balaban J connectivity index is 1.87. The molecule has 10 heteroatoms. The lowest BCUT2D eigenvalue weighted by molar-refractivity contribution is -0.136. The Morgan fingerprint density at radius 2 is 1.77 bits per heavy atom. The quantitative estimate of drug-likeness (QED) is 0.314. The Kier molecular flexibility index (Phi) is 8.35. The zero-order valence-corrected chi connectivity index (χ0v) is 23.6. The first kappa shape index (κ1) is 27.8. The van der Waals surface area contributed by atoms with Crippen LogP contribution in [0, 0.1) is 0 Å². The molecule has 2 heterocycles. The van der Waals surface area contributed by atoms with Gasteiger partial charge in [0.05, 0.1) is 36.1 Å². The van der Waals surface area contributed by atoms with E-state index in [2.05, 4.69) is 23.7 Å². The molecule has 4 rings (SSSR count). The van der Waals surface area contributed by atoms with Gasteiger partial charge in [-0.15, -0.1) is 0 Å². The van der Waals surface area contributed by atoms with Crippen molar-refractivity contribution in [2.45, 2.75) is 33.7 Å². The Morgan fingerprint density at radius 3 is 2.36 bits per heavy atom. The summed E-state index contributed by atoms with van der Waals surface area (Å²) in [5.74, 6) is -0.567. The van der Waals surface area contributed by atoms with Crippen LogP contribution in [0.5, 0.6) is 11.5 Å². The fourth-order valence-electron chi connectivity index (χ4n) is 4.62. The number of carbonyl (C=O) groups is 2. The van der Waals surface area contributed by atoms with E-state index in [0.717, 1.165) is 24.3 Å². The maximum Gasteiger partial charge on any atom is 0.338 e. The van der Waals surface area contributed by atoms with Crippen LogP contribution in [0.2, 0.25) is 0 Å². The van der Waals surface area contributed by atoms with E-state index in [1.54, 1.807) is 25.1 Å². The van der Waals surface area contributed by atoms with Gasteiger partial charge >= 0.3 is 11.9 Å². The molecular weight excluding hydrogens is 518 g/mol. The molecule has 0 saturated carbocycles. The van der Waals surface area contributed by atoms with E-state index in [1.165, 1.54) is 37.0 Å². The van der Waals surface area contributed by atoms with Crippen LogP contribution in [0.4, 0.5) is 5.69 Å². The lowest BCUT2D eigenvalue weighted by Gasteiger charge is -2.25. The van der Waals surface area contributed by atoms with Gasteiger partial charge in [-0.1, -0.05) is 29.5 Å². The van der Waals surface area contributed by atoms with Crippen molar-refractivity contribution < 1.29 is 23.8 Å². The Hall–Kier alpha value is -4.18. The summed E-state index contributed by atoms with van der Waals surface area (Å²) in [4.78, 5) is 45.5. The largest absolute Gasteiger partial charge is 0.493 e. The molecule has 0 spiro atoms. The van der Waals surface area contributed by atoms with E-state index < -0.39 is 18.0 Å². The number of hydrogen-bond acceptors (Lipinski definition) is 9. The summed E-state index contributed by atoms with van der Waals surface area (Å²) >= 11 is 1.25. The predicted octanol–water partition coefficient (Wildman–Crippen LogP) is 3.19. The number of esters is 2. The van der Waals surface area contributed by atoms with Crippen LogP contribution in [-0.2, 0) is 14.3 Å². The summed E-state index contributed by atoms with van der Waals surface area (Å²) in [5.41, 5.74) is 2.97.